The van der Waals surface area contributed by atoms with E-state index in [2.05, 4.69) is 104 Å². The van der Waals surface area contributed by atoms with Crippen LogP contribution in [0.4, 0.5) is 0 Å². The van der Waals surface area contributed by atoms with Crippen molar-refractivity contribution < 1.29 is 89.4 Å². The zero-order valence-electron chi connectivity index (χ0n) is 51.0. The number of ether oxygens (including phenoxy) is 6. The predicted molar refractivity (Wildman–Crippen MR) is 327 cm³/mol. The summed E-state index contributed by atoms with van der Waals surface area (Å²) in [4.78, 5) is 13.4. The zero-order valence-corrected chi connectivity index (χ0v) is 51.0. The van der Waals surface area contributed by atoms with Crippen LogP contribution < -0.4 is 5.32 Å². The Kier molecular flexibility index (Phi) is 42.6. The molecule has 3 aliphatic heterocycles. The minimum absolute atomic E-state index is 0.204. The van der Waals surface area contributed by atoms with Gasteiger partial charge in [-0.1, -0.05) is 182 Å². The second-order valence-electron chi connectivity index (χ2n) is 22.5. The third-order valence-corrected chi connectivity index (χ3v) is 15.3. The van der Waals surface area contributed by atoms with E-state index in [-0.39, 0.29) is 18.9 Å². The first kappa shape index (κ1) is 76.0. The van der Waals surface area contributed by atoms with Crippen molar-refractivity contribution in [3.8, 4) is 0 Å². The highest BCUT2D eigenvalue weighted by Crippen LogP contribution is 2.33. The summed E-state index contributed by atoms with van der Waals surface area (Å²) in [6.45, 7) is 1.55. The van der Waals surface area contributed by atoms with Crippen LogP contribution in [0.5, 0.6) is 0 Å². The fraction of sp³-hybridized carbons (Fsp3) is 0.742. The first-order valence-corrected chi connectivity index (χ1v) is 32.0. The lowest BCUT2D eigenvalue weighted by Crippen LogP contribution is -2.66. The van der Waals surface area contributed by atoms with E-state index in [1.54, 1.807) is 6.08 Å². The summed E-state index contributed by atoms with van der Waals surface area (Å²) in [7, 11) is 0. The molecule has 3 heterocycles. The number of aliphatic hydroxyl groups is 11. The average molecular weight is 1210 g/mol. The lowest BCUT2D eigenvalue weighted by molar-refractivity contribution is -0.379. The third-order valence-electron chi connectivity index (χ3n) is 15.3. The molecule has 1 amide bonds. The van der Waals surface area contributed by atoms with Crippen LogP contribution in [0.25, 0.3) is 0 Å². The summed E-state index contributed by atoms with van der Waals surface area (Å²) in [6.07, 6.45) is 33.8. The largest absolute Gasteiger partial charge is 0.394 e. The Labute approximate surface area is 507 Å². The number of hydrogen-bond donors (Lipinski definition) is 12. The lowest BCUT2D eigenvalue weighted by atomic mass is 9.96. The molecule has 85 heavy (non-hydrogen) atoms. The summed E-state index contributed by atoms with van der Waals surface area (Å²) in [5.41, 5.74) is 0. The van der Waals surface area contributed by atoms with Crippen molar-refractivity contribution in [2.24, 2.45) is 0 Å². The summed E-state index contributed by atoms with van der Waals surface area (Å²) < 4.78 is 34.2. The second-order valence-corrected chi connectivity index (χ2v) is 22.5. The Balaban J connectivity index is 1.51. The van der Waals surface area contributed by atoms with E-state index in [0.29, 0.717) is 12.8 Å². The van der Waals surface area contributed by atoms with Gasteiger partial charge in [-0.15, -0.1) is 0 Å². The second kappa shape index (κ2) is 47.7. The van der Waals surface area contributed by atoms with Gasteiger partial charge in [-0.05, 0) is 89.9 Å². The number of carbonyl (C=O) groups excluding carboxylic acids is 1. The number of allylic oxidation sites excluding steroid dienone is 15. The monoisotopic (exact) mass is 1210 g/mol. The lowest BCUT2D eigenvalue weighted by Gasteiger charge is -2.48. The predicted octanol–water partition coefficient (Wildman–Crippen LogP) is 6.93. The zero-order chi connectivity index (χ0) is 61.9. The van der Waals surface area contributed by atoms with Crippen LogP contribution in [0.15, 0.2) is 97.2 Å². The quantitative estimate of drug-likeness (QED) is 0.0217. The minimum atomic E-state index is -1.99. The molecule has 0 aliphatic carbocycles. The van der Waals surface area contributed by atoms with Gasteiger partial charge in [-0.3, -0.25) is 4.79 Å². The number of carbonyl (C=O) groups is 1. The smallest absolute Gasteiger partial charge is 0.220 e. The van der Waals surface area contributed by atoms with E-state index in [1.165, 1.54) is 57.8 Å². The van der Waals surface area contributed by atoms with Crippen LogP contribution in [0.1, 0.15) is 181 Å². The molecule has 3 aliphatic rings. The summed E-state index contributed by atoms with van der Waals surface area (Å²) >= 11 is 0. The van der Waals surface area contributed by atoms with Gasteiger partial charge in [0.2, 0.25) is 5.91 Å². The van der Waals surface area contributed by atoms with E-state index < -0.39 is 124 Å². The van der Waals surface area contributed by atoms with Crippen molar-refractivity contribution in [2.75, 3.05) is 26.4 Å². The molecule has 0 aromatic carbocycles. The molecule has 0 aromatic heterocycles. The SMILES string of the molecule is CC/C=C\C/C=C\C/C=C\C/C=C\C/C=C\CCCCCCCC(=O)NC(COC1OC(CO)C(OC2OC(CO)C(OC3OC(CO)C(O)C(O)C3O)C(O)C2O)C(O)C1O)C(O)/C=C/CC/C=C/CC/C=C/CCCCCCCCCCC. The highest BCUT2D eigenvalue weighted by molar-refractivity contribution is 5.76. The maximum atomic E-state index is 13.4. The molecule has 17 unspecified atom stereocenters. The molecule has 0 radical (unpaired) electrons. The van der Waals surface area contributed by atoms with Crippen LogP contribution in [0, 0.1) is 0 Å². The molecular formula is C66H111NO18. The molecule has 0 bridgehead atoms. The molecule has 0 saturated carbocycles. The Morgan fingerprint density at radius 1 is 0.435 bits per heavy atom. The fourth-order valence-electron chi connectivity index (χ4n) is 10.1. The number of aliphatic hydroxyl groups excluding tert-OH is 11. The van der Waals surface area contributed by atoms with E-state index in [1.807, 2.05) is 6.08 Å². The van der Waals surface area contributed by atoms with Gasteiger partial charge in [0.05, 0.1) is 38.6 Å². The number of amides is 1. The highest BCUT2D eigenvalue weighted by Gasteiger charge is 2.53. The molecule has 0 spiro atoms. The van der Waals surface area contributed by atoms with Gasteiger partial charge >= 0.3 is 0 Å². The normalized spacial score (nSPS) is 29.6. The molecule has 3 rings (SSSR count). The van der Waals surface area contributed by atoms with Crippen LogP contribution in [0.3, 0.4) is 0 Å². The molecule has 488 valence electrons. The maximum Gasteiger partial charge on any atom is 0.220 e. The van der Waals surface area contributed by atoms with E-state index in [9.17, 15) is 61.0 Å². The molecule has 0 aromatic rings. The van der Waals surface area contributed by atoms with Gasteiger partial charge in [-0.2, -0.15) is 0 Å². The minimum Gasteiger partial charge on any atom is -0.394 e. The van der Waals surface area contributed by atoms with E-state index in [0.717, 1.165) is 89.9 Å². The van der Waals surface area contributed by atoms with Gasteiger partial charge in [-0.25, -0.2) is 0 Å². The number of unbranched alkanes of at least 4 members (excludes halogenated alkanes) is 16. The number of hydrogen-bond acceptors (Lipinski definition) is 18. The standard InChI is InChI=1S/C66H111NO18/c1-3-5-7-9-11-13-15-17-19-21-23-24-26-28-30-32-34-36-38-40-42-44-54(72)67-49(50(71)43-41-39-37-35-33-31-29-27-25-22-20-18-16-14-12-10-8-6-4-2)48-80-64-60(78)57(75)62(52(46-69)82-64)85-66-61(79)58(76)63(53(47-70)83-66)84-65-59(77)56(74)55(73)51(45-68)81-65/h5,7,11,13,17,19,23-25,27-28,30,33,35,41,43,49-53,55-66,68-71,73-79H,3-4,6,8-10,12,14-16,18,20-22,26,29,31-32,34,36-40,42,44-48H2,1-2H3,(H,67,72)/b7-5-,13-11-,19-17-,24-23-,27-25+,30-28-,35-33+,43-41+. The summed E-state index contributed by atoms with van der Waals surface area (Å²) in [5.74, 6) is -0.313. The van der Waals surface area contributed by atoms with Gasteiger partial charge in [0.1, 0.15) is 73.2 Å². The van der Waals surface area contributed by atoms with E-state index in [4.69, 9.17) is 28.4 Å². The molecule has 3 fully saturated rings. The van der Waals surface area contributed by atoms with Crippen molar-refractivity contribution >= 4 is 5.91 Å². The van der Waals surface area contributed by atoms with Crippen LogP contribution in [-0.2, 0) is 33.2 Å². The Hall–Kier alpha value is -3.29. The van der Waals surface area contributed by atoms with Crippen molar-refractivity contribution in [1.29, 1.82) is 0 Å². The van der Waals surface area contributed by atoms with E-state index >= 15 is 0 Å². The van der Waals surface area contributed by atoms with Crippen molar-refractivity contribution in [2.45, 2.75) is 285 Å². The molecule has 3 saturated heterocycles. The number of rotatable bonds is 46. The van der Waals surface area contributed by atoms with Crippen LogP contribution >= 0.6 is 0 Å². The maximum absolute atomic E-state index is 13.4. The fourth-order valence-corrected chi connectivity index (χ4v) is 10.1. The third kappa shape index (κ3) is 30.7. The molecule has 19 nitrogen and oxygen atoms in total. The Morgan fingerprint density at radius 2 is 0.824 bits per heavy atom. The molecule has 12 N–H and O–H groups in total. The molecule has 17 atom stereocenters. The first-order valence-electron chi connectivity index (χ1n) is 32.0. The first-order chi connectivity index (χ1) is 41.3. The van der Waals surface area contributed by atoms with Gasteiger partial charge in [0.25, 0.3) is 0 Å². The topological polar surface area (TPSA) is 307 Å². The summed E-state index contributed by atoms with van der Waals surface area (Å²) in [6, 6.07) is -1.01. The highest BCUT2D eigenvalue weighted by atomic mass is 16.8. The van der Waals surface area contributed by atoms with Crippen molar-refractivity contribution in [1.82, 2.24) is 5.32 Å². The van der Waals surface area contributed by atoms with Crippen molar-refractivity contribution in [3.63, 3.8) is 0 Å². The van der Waals surface area contributed by atoms with Crippen LogP contribution in [-0.4, -0.2) is 193 Å². The average Bonchev–Trinajstić information content (AvgIpc) is 3.10. The molecule has 19 heteroatoms. The van der Waals surface area contributed by atoms with Gasteiger partial charge < -0.3 is 89.9 Å². The Bertz CT molecular complexity index is 1920. The summed E-state index contributed by atoms with van der Waals surface area (Å²) in [5, 5.41) is 120. The molecular weight excluding hydrogens is 1090 g/mol. The van der Waals surface area contributed by atoms with Crippen LogP contribution in [0.2, 0.25) is 0 Å². The Morgan fingerprint density at radius 3 is 1.32 bits per heavy atom. The van der Waals surface area contributed by atoms with Crippen molar-refractivity contribution in [3.05, 3.63) is 97.2 Å². The van der Waals surface area contributed by atoms with Gasteiger partial charge in [0, 0.05) is 6.42 Å². The van der Waals surface area contributed by atoms with Gasteiger partial charge in [0.15, 0.2) is 18.9 Å². The number of nitrogens with one attached hydrogen (secondary N) is 1.